The van der Waals surface area contributed by atoms with E-state index in [-0.39, 0.29) is 18.8 Å². The van der Waals surface area contributed by atoms with Gasteiger partial charge < -0.3 is 14.8 Å². The second-order valence-corrected chi connectivity index (χ2v) is 6.84. The predicted molar refractivity (Wildman–Crippen MR) is 104 cm³/mol. The number of carbonyl (C=O) groups is 2. The number of esters is 2. The van der Waals surface area contributed by atoms with E-state index in [2.05, 4.69) is 10.3 Å². The van der Waals surface area contributed by atoms with Crippen LogP contribution in [-0.2, 0) is 19.1 Å². The number of ether oxygens (including phenoxy) is 2. The highest BCUT2D eigenvalue weighted by Crippen LogP contribution is 2.28. The summed E-state index contributed by atoms with van der Waals surface area (Å²) in [5, 5.41) is 4.95. The van der Waals surface area contributed by atoms with Crippen LogP contribution in [0, 0.1) is 0 Å². The molecule has 1 heterocycles. The molecule has 1 N–H and O–H groups in total. The molecule has 138 valence electrons. The average molecular weight is 393 g/mol. The third-order valence-corrected chi connectivity index (χ3v) is 5.05. The molecule has 26 heavy (non-hydrogen) atoms. The Morgan fingerprint density at radius 2 is 1.92 bits per heavy atom. The van der Waals surface area contributed by atoms with Crippen LogP contribution in [0.4, 0.5) is 5.69 Å². The molecule has 0 aliphatic rings. The number of carbonyl (C=O) groups excluding carboxylic acids is 2. The van der Waals surface area contributed by atoms with Crippen LogP contribution in [0.3, 0.4) is 0 Å². The highest BCUT2D eigenvalue weighted by atomic mass is 32.2. The van der Waals surface area contributed by atoms with Gasteiger partial charge in [0, 0.05) is 22.8 Å². The summed E-state index contributed by atoms with van der Waals surface area (Å²) in [5.41, 5.74) is 2.35. The van der Waals surface area contributed by atoms with Crippen molar-refractivity contribution in [2.75, 3.05) is 24.8 Å². The Morgan fingerprint density at radius 1 is 1.23 bits per heavy atom. The third-order valence-electron chi connectivity index (χ3n) is 3.19. The van der Waals surface area contributed by atoms with E-state index in [1.54, 1.807) is 36.9 Å². The van der Waals surface area contributed by atoms with E-state index in [0.717, 1.165) is 15.6 Å². The maximum Gasteiger partial charge on any atom is 0.347 e. The number of hydrogen-bond donors (Lipinski definition) is 1. The SMILES string of the molecule is CCOC(=O)C(=CNc1cccc(-c2csc(SC)n2)c1)C(=O)OCC. The van der Waals surface area contributed by atoms with Crippen molar-refractivity contribution >= 4 is 40.7 Å². The number of nitrogens with zero attached hydrogens (tertiary/aromatic N) is 1. The van der Waals surface area contributed by atoms with E-state index < -0.39 is 11.9 Å². The molecule has 2 rings (SSSR count). The highest BCUT2D eigenvalue weighted by Gasteiger charge is 2.20. The van der Waals surface area contributed by atoms with Gasteiger partial charge in [0.05, 0.1) is 18.9 Å². The molecule has 6 nitrogen and oxygen atoms in total. The highest BCUT2D eigenvalue weighted by molar-refractivity contribution is 8.00. The lowest BCUT2D eigenvalue weighted by atomic mass is 10.1. The second-order valence-electron chi connectivity index (χ2n) is 4.93. The standard InChI is InChI=1S/C18H20N2O4S2/c1-4-23-16(21)14(17(22)24-5-2)10-19-13-8-6-7-12(9-13)15-11-26-18(20-15)25-3/h6-11,19H,4-5H2,1-3H3. The van der Waals surface area contributed by atoms with Gasteiger partial charge in [0.1, 0.15) is 4.34 Å². The van der Waals surface area contributed by atoms with Gasteiger partial charge in [-0.15, -0.1) is 11.3 Å². The van der Waals surface area contributed by atoms with Gasteiger partial charge in [-0.25, -0.2) is 14.6 Å². The largest absolute Gasteiger partial charge is 0.462 e. The molecule has 0 amide bonds. The van der Waals surface area contributed by atoms with Crippen molar-refractivity contribution in [2.24, 2.45) is 0 Å². The van der Waals surface area contributed by atoms with Crippen molar-refractivity contribution in [1.29, 1.82) is 0 Å². The molecular formula is C18H20N2O4S2. The fourth-order valence-electron chi connectivity index (χ4n) is 2.03. The van der Waals surface area contributed by atoms with Gasteiger partial charge in [0.2, 0.25) is 0 Å². The first-order valence-electron chi connectivity index (χ1n) is 7.99. The Hall–Kier alpha value is -2.32. The number of benzene rings is 1. The molecule has 8 heteroatoms. The van der Waals surface area contributed by atoms with Gasteiger partial charge in [-0.2, -0.15) is 0 Å². The first kappa shape index (κ1) is 20.0. The van der Waals surface area contributed by atoms with Gasteiger partial charge in [0.25, 0.3) is 0 Å². The molecule has 0 aliphatic heterocycles. The van der Waals surface area contributed by atoms with Gasteiger partial charge in [0.15, 0.2) is 5.57 Å². The van der Waals surface area contributed by atoms with Crippen LogP contribution in [-0.4, -0.2) is 36.4 Å². The predicted octanol–water partition coefficient (Wildman–Crippen LogP) is 3.95. The Balaban J connectivity index is 2.21. The maximum absolute atomic E-state index is 12.0. The molecule has 0 atom stereocenters. The fourth-order valence-corrected chi connectivity index (χ4v) is 3.30. The van der Waals surface area contributed by atoms with Gasteiger partial charge in [-0.05, 0) is 32.2 Å². The zero-order valence-electron chi connectivity index (χ0n) is 14.8. The third kappa shape index (κ3) is 5.34. The summed E-state index contributed by atoms with van der Waals surface area (Å²) in [7, 11) is 0. The lowest BCUT2D eigenvalue weighted by molar-refractivity contribution is -0.146. The van der Waals surface area contributed by atoms with Crippen LogP contribution in [0.15, 0.2) is 45.8 Å². The second kappa shape index (κ2) is 9.98. The first-order chi connectivity index (χ1) is 12.6. The summed E-state index contributed by atoms with van der Waals surface area (Å²) in [4.78, 5) is 28.5. The van der Waals surface area contributed by atoms with Crippen molar-refractivity contribution < 1.29 is 19.1 Å². The van der Waals surface area contributed by atoms with Crippen molar-refractivity contribution in [3.63, 3.8) is 0 Å². The number of rotatable bonds is 8. The van der Waals surface area contributed by atoms with Crippen LogP contribution < -0.4 is 5.32 Å². The molecule has 0 fully saturated rings. The molecule has 2 aromatic rings. The summed E-state index contributed by atoms with van der Waals surface area (Å²) < 4.78 is 10.8. The molecule has 0 radical (unpaired) electrons. The molecule has 0 saturated heterocycles. The van der Waals surface area contributed by atoms with Gasteiger partial charge in [-0.3, -0.25) is 0 Å². The smallest absolute Gasteiger partial charge is 0.347 e. The number of anilines is 1. The number of hydrogen-bond acceptors (Lipinski definition) is 8. The van der Waals surface area contributed by atoms with Crippen LogP contribution in [0.1, 0.15) is 13.8 Å². The van der Waals surface area contributed by atoms with Crippen LogP contribution >= 0.6 is 23.1 Å². The minimum absolute atomic E-state index is 0.173. The molecule has 0 aliphatic carbocycles. The average Bonchev–Trinajstić information content (AvgIpc) is 3.12. The molecule has 0 bridgehead atoms. The Morgan fingerprint density at radius 3 is 2.50 bits per heavy atom. The molecule has 0 saturated carbocycles. The Bertz CT molecular complexity index is 782. The molecule has 0 unspecified atom stereocenters. The van der Waals surface area contributed by atoms with Crippen molar-refractivity contribution in [3.8, 4) is 11.3 Å². The zero-order valence-corrected chi connectivity index (χ0v) is 16.4. The van der Waals surface area contributed by atoms with E-state index >= 15 is 0 Å². The van der Waals surface area contributed by atoms with Crippen LogP contribution in [0.2, 0.25) is 0 Å². The summed E-state index contributed by atoms with van der Waals surface area (Å²) in [5.74, 6) is -1.45. The van der Waals surface area contributed by atoms with E-state index in [9.17, 15) is 9.59 Å². The van der Waals surface area contributed by atoms with E-state index in [0.29, 0.717) is 5.69 Å². The maximum atomic E-state index is 12.0. The van der Waals surface area contributed by atoms with Crippen molar-refractivity contribution in [2.45, 2.75) is 18.2 Å². The summed E-state index contributed by atoms with van der Waals surface area (Å²) in [6.45, 7) is 3.70. The Kier molecular flexibility index (Phi) is 7.68. The minimum atomic E-state index is -0.723. The topological polar surface area (TPSA) is 77.5 Å². The summed E-state index contributed by atoms with van der Waals surface area (Å²) in [6.07, 6.45) is 3.29. The molecule has 0 spiro atoms. The number of aromatic nitrogens is 1. The normalized spacial score (nSPS) is 10.1. The molecule has 1 aromatic carbocycles. The first-order valence-corrected chi connectivity index (χ1v) is 10.1. The van der Waals surface area contributed by atoms with Gasteiger partial charge in [-0.1, -0.05) is 23.9 Å². The number of thiazole rings is 1. The van der Waals surface area contributed by atoms with Crippen LogP contribution in [0.5, 0.6) is 0 Å². The summed E-state index contributed by atoms with van der Waals surface area (Å²) >= 11 is 3.18. The van der Waals surface area contributed by atoms with E-state index in [4.69, 9.17) is 9.47 Å². The molecular weight excluding hydrogens is 372 g/mol. The zero-order chi connectivity index (χ0) is 18.9. The Labute approximate surface area is 160 Å². The number of nitrogens with one attached hydrogen (secondary N) is 1. The van der Waals surface area contributed by atoms with E-state index in [1.807, 2.05) is 35.9 Å². The molecule has 1 aromatic heterocycles. The fraction of sp³-hybridized carbons (Fsp3) is 0.278. The summed E-state index contributed by atoms with van der Waals surface area (Å²) in [6, 6.07) is 7.54. The van der Waals surface area contributed by atoms with Crippen LogP contribution in [0.25, 0.3) is 11.3 Å². The number of thioether (sulfide) groups is 1. The lowest BCUT2D eigenvalue weighted by Crippen LogP contribution is -2.19. The van der Waals surface area contributed by atoms with Gasteiger partial charge >= 0.3 is 11.9 Å². The monoisotopic (exact) mass is 392 g/mol. The van der Waals surface area contributed by atoms with Crippen molar-refractivity contribution in [1.82, 2.24) is 4.98 Å². The van der Waals surface area contributed by atoms with Crippen molar-refractivity contribution in [3.05, 3.63) is 41.4 Å². The quantitative estimate of drug-likeness (QED) is 0.240. The lowest BCUT2D eigenvalue weighted by Gasteiger charge is -2.08. The van der Waals surface area contributed by atoms with E-state index in [1.165, 1.54) is 6.20 Å². The minimum Gasteiger partial charge on any atom is -0.462 e.